The molecule has 3 aromatic rings. The second-order valence-corrected chi connectivity index (χ2v) is 8.67. The number of aliphatic imine (C=N–C) groups is 1. The van der Waals surface area contributed by atoms with Crippen molar-refractivity contribution in [3.63, 3.8) is 0 Å². The number of rotatable bonds is 7. The van der Waals surface area contributed by atoms with Crippen molar-refractivity contribution in [2.75, 3.05) is 20.5 Å². The fourth-order valence-corrected chi connectivity index (χ4v) is 4.35. The molecule has 0 saturated heterocycles. The minimum absolute atomic E-state index is 0.750. The van der Waals surface area contributed by atoms with Gasteiger partial charge in [0.2, 0.25) is 0 Å². The Hall–Kier alpha value is -2.92. The summed E-state index contributed by atoms with van der Waals surface area (Å²) in [6.07, 6.45) is 2.09. The molecular weight excluding hydrogens is 416 g/mol. The van der Waals surface area contributed by atoms with Gasteiger partial charge in [0.25, 0.3) is 0 Å². The Bertz CT molecular complexity index is 988. The Morgan fingerprint density at radius 2 is 1.22 bits per heavy atom. The zero-order valence-electron chi connectivity index (χ0n) is 19.8. The van der Waals surface area contributed by atoms with E-state index in [2.05, 4.69) is 68.3 Å². The maximum absolute atomic E-state index is 5.32. The van der Waals surface area contributed by atoms with Gasteiger partial charge in [0, 0.05) is 13.1 Å². The van der Waals surface area contributed by atoms with Crippen LogP contribution in [0.4, 0.5) is 5.69 Å². The summed E-state index contributed by atoms with van der Waals surface area (Å²) in [5, 5.41) is 0.992. The molecule has 0 N–H and O–H groups in total. The van der Waals surface area contributed by atoms with Crippen molar-refractivity contribution in [2.24, 2.45) is 4.99 Å². The summed E-state index contributed by atoms with van der Waals surface area (Å²) in [5.74, 6) is 1.72. The molecule has 0 bridgehead atoms. The van der Waals surface area contributed by atoms with Crippen LogP contribution in [0.25, 0.3) is 0 Å². The van der Waals surface area contributed by atoms with Gasteiger partial charge in [-0.1, -0.05) is 53.7 Å². The van der Waals surface area contributed by atoms with Crippen LogP contribution in [-0.4, -0.2) is 30.5 Å². The number of amidine groups is 1. The van der Waals surface area contributed by atoms with Crippen molar-refractivity contribution >= 4 is 22.6 Å². The first kappa shape index (κ1) is 23.7. The maximum atomic E-state index is 5.32. The molecule has 0 aliphatic heterocycles. The Labute approximate surface area is 196 Å². The van der Waals surface area contributed by atoms with Gasteiger partial charge in [0.1, 0.15) is 11.5 Å². The predicted octanol–water partition coefficient (Wildman–Crippen LogP) is 6.68. The molecule has 0 radical (unpaired) electrons. The number of thioether (sulfide) groups is 1. The van der Waals surface area contributed by atoms with E-state index in [0.717, 1.165) is 35.4 Å². The van der Waals surface area contributed by atoms with Gasteiger partial charge >= 0.3 is 0 Å². The van der Waals surface area contributed by atoms with E-state index in [9.17, 15) is 0 Å². The number of hydrogen-bond acceptors (Lipinski definition) is 4. The third-order valence-electron chi connectivity index (χ3n) is 5.36. The number of ether oxygens (including phenoxy) is 2. The van der Waals surface area contributed by atoms with Gasteiger partial charge < -0.3 is 14.4 Å². The summed E-state index contributed by atoms with van der Waals surface area (Å²) >= 11 is 1.67. The lowest BCUT2D eigenvalue weighted by molar-refractivity contribution is 0.405. The van der Waals surface area contributed by atoms with Gasteiger partial charge in [-0.05, 0) is 73.5 Å². The normalized spacial score (nSPS) is 11.4. The first-order valence-corrected chi connectivity index (χ1v) is 11.9. The van der Waals surface area contributed by atoms with E-state index in [1.54, 1.807) is 26.0 Å². The quantitative estimate of drug-likeness (QED) is 0.298. The van der Waals surface area contributed by atoms with Crippen LogP contribution in [0, 0.1) is 20.8 Å². The third-order valence-corrected chi connectivity index (χ3v) is 6.08. The summed E-state index contributed by atoms with van der Waals surface area (Å²) in [6.45, 7) is 7.89. The highest BCUT2D eigenvalue weighted by atomic mass is 32.2. The molecule has 0 fully saturated rings. The first-order chi connectivity index (χ1) is 15.4. The molecule has 0 spiro atoms. The molecule has 168 valence electrons. The van der Waals surface area contributed by atoms with Gasteiger partial charge in [-0.3, -0.25) is 0 Å². The fourth-order valence-electron chi connectivity index (χ4n) is 3.78. The van der Waals surface area contributed by atoms with Crippen LogP contribution < -0.4 is 9.47 Å². The minimum atomic E-state index is 0.750. The van der Waals surface area contributed by atoms with Gasteiger partial charge in [-0.2, -0.15) is 0 Å². The Morgan fingerprint density at radius 3 is 1.59 bits per heavy atom. The van der Waals surface area contributed by atoms with E-state index >= 15 is 0 Å². The molecule has 0 aromatic heterocycles. The minimum Gasteiger partial charge on any atom is -0.497 e. The highest BCUT2D eigenvalue weighted by molar-refractivity contribution is 8.13. The topological polar surface area (TPSA) is 34.1 Å². The molecule has 5 heteroatoms. The van der Waals surface area contributed by atoms with E-state index in [1.807, 2.05) is 24.3 Å². The van der Waals surface area contributed by atoms with Gasteiger partial charge in [0.05, 0.1) is 19.9 Å². The van der Waals surface area contributed by atoms with Crippen LogP contribution in [0.2, 0.25) is 0 Å². The van der Waals surface area contributed by atoms with Crippen LogP contribution in [-0.2, 0) is 13.1 Å². The van der Waals surface area contributed by atoms with Crippen LogP contribution in [0.15, 0.2) is 65.7 Å². The second kappa shape index (κ2) is 11.1. The number of nitrogens with zero attached hydrogens (tertiary/aromatic N) is 2. The van der Waals surface area contributed by atoms with Crippen molar-refractivity contribution in [2.45, 2.75) is 33.9 Å². The van der Waals surface area contributed by atoms with E-state index < -0.39 is 0 Å². The van der Waals surface area contributed by atoms with Crippen molar-refractivity contribution < 1.29 is 9.47 Å². The standard InChI is InChI=1S/C27H32N2O2S/c1-19-15-20(2)26(21(3)16-19)28-27(32-6)29(17-22-7-11-24(30-4)12-8-22)18-23-9-13-25(31-5)14-10-23/h7-16H,17-18H2,1-6H3. The van der Waals surface area contributed by atoms with Gasteiger partial charge in [-0.25, -0.2) is 4.99 Å². The average molecular weight is 449 g/mol. The summed E-state index contributed by atoms with van der Waals surface area (Å²) in [5.41, 5.74) is 7.12. The molecule has 0 aliphatic carbocycles. The van der Waals surface area contributed by atoms with Crippen molar-refractivity contribution in [3.8, 4) is 11.5 Å². The average Bonchev–Trinajstić information content (AvgIpc) is 2.79. The lowest BCUT2D eigenvalue weighted by Gasteiger charge is -2.26. The van der Waals surface area contributed by atoms with E-state index in [0.29, 0.717) is 0 Å². The predicted molar refractivity (Wildman–Crippen MR) is 136 cm³/mol. The van der Waals surface area contributed by atoms with E-state index in [1.165, 1.54) is 27.8 Å². The Balaban J connectivity index is 1.97. The Kier molecular flexibility index (Phi) is 8.23. The first-order valence-electron chi connectivity index (χ1n) is 10.6. The van der Waals surface area contributed by atoms with Crippen LogP contribution >= 0.6 is 11.8 Å². The molecule has 0 unspecified atom stereocenters. The summed E-state index contributed by atoms with van der Waals surface area (Å²) in [7, 11) is 3.38. The zero-order chi connectivity index (χ0) is 23.1. The van der Waals surface area contributed by atoms with E-state index in [4.69, 9.17) is 14.5 Å². The van der Waals surface area contributed by atoms with Gasteiger partial charge in [0.15, 0.2) is 5.17 Å². The zero-order valence-corrected chi connectivity index (χ0v) is 20.6. The van der Waals surface area contributed by atoms with Crippen LogP contribution in [0.3, 0.4) is 0 Å². The maximum Gasteiger partial charge on any atom is 0.164 e. The van der Waals surface area contributed by atoms with Gasteiger partial charge in [-0.15, -0.1) is 0 Å². The summed E-state index contributed by atoms with van der Waals surface area (Å²) < 4.78 is 10.6. The van der Waals surface area contributed by atoms with Crippen molar-refractivity contribution in [1.82, 2.24) is 4.90 Å². The van der Waals surface area contributed by atoms with Crippen LogP contribution in [0.5, 0.6) is 11.5 Å². The number of methoxy groups -OCH3 is 2. The Morgan fingerprint density at radius 1 is 0.781 bits per heavy atom. The molecule has 0 saturated carbocycles. The molecule has 32 heavy (non-hydrogen) atoms. The molecule has 3 aromatic carbocycles. The molecule has 0 heterocycles. The molecule has 0 atom stereocenters. The molecule has 0 amide bonds. The number of benzene rings is 3. The van der Waals surface area contributed by atoms with Crippen molar-refractivity contribution in [1.29, 1.82) is 0 Å². The highest BCUT2D eigenvalue weighted by Crippen LogP contribution is 2.28. The smallest absolute Gasteiger partial charge is 0.164 e. The number of hydrogen-bond donors (Lipinski definition) is 0. The van der Waals surface area contributed by atoms with E-state index in [-0.39, 0.29) is 0 Å². The molecule has 4 nitrogen and oxygen atoms in total. The number of aryl methyl sites for hydroxylation is 3. The lowest BCUT2D eigenvalue weighted by atomic mass is 10.1. The van der Waals surface area contributed by atoms with Crippen LogP contribution in [0.1, 0.15) is 27.8 Å². The lowest BCUT2D eigenvalue weighted by Crippen LogP contribution is -2.28. The highest BCUT2D eigenvalue weighted by Gasteiger charge is 2.15. The third kappa shape index (κ3) is 6.07. The molecule has 0 aliphatic rings. The monoisotopic (exact) mass is 448 g/mol. The van der Waals surface area contributed by atoms with Crippen molar-refractivity contribution in [3.05, 3.63) is 88.5 Å². The summed E-state index contributed by atoms with van der Waals surface area (Å²) in [4.78, 5) is 7.46. The fraction of sp³-hybridized carbons (Fsp3) is 0.296. The second-order valence-electron chi connectivity index (χ2n) is 7.90. The largest absolute Gasteiger partial charge is 0.497 e. The molecule has 3 rings (SSSR count). The SMILES string of the molecule is COc1ccc(CN(Cc2ccc(OC)cc2)C(=Nc2c(C)cc(C)cc2C)SC)cc1. The summed E-state index contributed by atoms with van der Waals surface area (Å²) in [6, 6.07) is 20.9. The molecular formula is C27H32N2O2S.